The fourth-order valence-corrected chi connectivity index (χ4v) is 1.09. The molecule has 0 rings (SSSR count). The van der Waals surface area contributed by atoms with E-state index in [2.05, 4.69) is 11.9 Å². The van der Waals surface area contributed by atoms with E-state index < -0.39 is 0 Å². The highest BCUT2D eigenvalue weighted by Crippen LogP contribution is 1.96. The maximum atomic E-state index is 5.65. The first-order chi connectivity index (χ1) is 6.31. The molecule has 0 fully saturated rings. The van der Waals surface area contributed by atoms with E-state index in [1.165, 1.54) is 6.42 Å². The Morgan fingerprint density at radius 3 is 2.69 bits per heavy atom. The number of nitrogens with zero attached hydrogens (tertiary/aromatic N) is 1. The van der Waals surface area contributed by atoms with E-state index in [-0.39, 0.29) is 0 Å². The molecule has 0 bridgehead atoms. The molecule has 3 nitrogen and oxygen atoms in total. The van der Waals surface area contributed by atoms with Gasteiger partial charge in [0.1, 0.15) is 0 Å². The van der Waals surface area contributed by atoms with Gasteiger partial charge in [-0.25, -0.2) is 0 Å². The molecule has 0 amide bonds. The average Bonchev–Trinajstić information content (AvgIpc) is 2.11. The Labute approximate surface area is 81.4 Å². The van der Waals surface area contributed by atoms with Crippen molar-refractivity contribution in [2.45, 2.75) is 39.0 Å². The summed E-state index contributed by atoms with van der Waals surface area (Å²) in [6, 6.07) is 0. The normalized spacial score (nSPS) is 12.0. The molecule has 0 radical (unpaired) electrons. The Morgan fingerprint density at radius 1 is 1.31 bits per heavy atom. The molecule has 0 spiro atoms. The van der Waals surface area contributed by atoms with E-state index in [1.54, 1.807) is 7.11 Å². The second-order valence-electron chi connectivity index (χ2n) is 3.18. The van der Waals surface area contributed by atoms with Crippen LogP contribution in [0, 0.1) is 0 Å². The van der Waals surface area contributed by atoms with E-state index >= 15 is 0 Å². The predicted octanol–water partition coefficient (Wildman–Crippen LogP) is 1.96. The lowest BCUT2D eigenvalue weighted by molar-refractivity contribution is 0.192. The molecule has 0 aliphatic rings. The summed E-state index contributed by atoms with van der Waals surface area (Å²) >= 11 is 0. The van der Waals surface area contributed by atoms with Crippen LogP contribution in [-0.4, -0.2) is 26.1 Å². The third kappa shape index (κ3) is 9.34. The van der Waals surface area contributed by atoms with Crippen molar-refractivity contribution < 1.29 is 4.74 Å². The molecular weight excluding hydrogens is 164 g/mol. The largest absolute Gasteiger partial charge is 0.387 e. The van der Waals surface area contributed by atoms with Gasteiger partial charge in [-0.3, -0.25) is 4.99 Å². The van der Waals surface area contributed by atoms with E-state index in [4.69, 9.17) is 10.5 Å². The van der Waals surface area contributed by atoms with Crippen molar-refractivity contribution in [1.82, 2.24) is 0 Å². The lowest BCUT2D eigenvalue weighted by Gasteiger charge is -1.99. The van der Waals surface area contributed by atoms with Crippen LogP contribution in [0.1, 0.15) is 39.0 Å². The second-order valence-corrected chi connectivity index (χ2v) is 3.18. The number of hydrogen-bond donors (Lipinski definition) is 1. The van der Waals surface area contributed by atoms with Crippen molar-refractivity contribution >= 4 is 5.84 Å². The highest BCUT2D eigenvalue weighted by molar-refractivity contribution is 5.80. The minimum absolute atomic E-state index is 0.800. The molecule has 0 saturated heterocycles. The van der Waals surface area contributed by atoms with Crippen molar-refractivity contribution in [2.75, 3.05) is 20.3 Å². The van der Waals surface area contributed by atoms with Crippen LogP contribution in [0.3, 0.4) is 0 Å². The van der Waals surface area contributed by atoms with Gasteiger partial charge >= 0.3 is 0 Å². The molecule has 0 aromatic heterocycles. The first-order valence-corrected chi connectivity index (χ1v) is 5.09. The van der Waals surface area contributed by atoms with Gasteiger partial charge in [0.2, 0.25) is 0 Å². The lowest BCUT2D eigenvalue weighted by Crippen LogP contribution is -2.11. The van der Waals surface area contributed by atoms with Crippen LogP contribution < -0.4 is 5.73 Å². The number of ether oxygens (including phenoxy) is 1. The molecule has 0 unspecified atom stereocenters. The van der Waals surface area contributed by atoms with Crippen molar-refractivity contribution in [3.05, 3.63) is 0 Å². The van der Waals surface area contributed by atoms with E-state index in [1.807, 2.05) is 0 Å². The Balaban J connectivity index is 3.18. The number of methoxy groups -OCH3 is 1. The zero-order valence-corrected chi connectivity index (χ0v) is 8.88. The number of unbranched alkanes of at least 4 members (excludes halogenated alkanes) is 2. The van der Waals surface area contributed by atoms with Gasteiger partial charge in [0, 0.05) is 26.7 Å². The number of aliphatic imine (C=N–C) groups is 1. The monoisotopic (exact) mass is 186 g/mol. The van der Waals surface area contributed by atoms with E-state index in [0.717, 1.165) is 44.7 Å². The van der Waals surface area contributed by atoms with Gasteiger partial charge < -0.3 is 10.5 Å². The number of hydrogen-bond acceptors (Lipinski definition) is 2. The van der Waals surface area contributed by atoms with Crippen LogP contribution in [0.15, 0.2) is 4.99 Å². The Bertz CT molecular complexity index is 135. The topological polar surface area (TPSA) is 47.6 Å². The van der Waals surface area contributed by atoms with Crippen molar-refractivity contribution in [1.29, 1.82) is 0 Å². The number of nitrogens with two attached hydrogens (primary N) is 1. The summed E-state index contributed by atoms with van der Waals surface area (Å²) in [6.07, 6.45) is 5.43. The smallest absolute Gasteiger partial charge is 0.0936 e. The molecule has 0 atom stereocenters. The molecule has 0 aromatic carbocycles. The highest BCUT2D eigenvalue weighted by Gasteiger charge is 1.90. The van der Waals surface area contributed by atoms with Crippen LogP contribution in [-0.2, 0) is 4.74 Å². The maximum Gasteiger partial charge on any atom is 0.0936 e. The van der Waals surface area contributed by atoms with Crippen molar-refractivity contribution in [2.24, 2.45) is 10.7 Å². The van der Waals surface area contributed by atoms with E-state index in [9.17, 15) is 0 Å². The van der Waals surface area contributed by atoms with E-state index in [0.29, 0.717) is 0 Å². The van der Waals surface area contributed by atoms with Gasteiger partial charge in [0.05, 0.1) is 5.84 Å². The summed E-state index contributed by atoms with van der Waals surface area (Å²) in [5.41, 5.74) is 5.65. The lowest BCUT2D eigenvalue weighted by atomic mass is 10.2. The molecule has 3 heteroatoms. The Hall–Kier alpha value is -0.570. The van der Waals surface area contributed by atoms with Gasteiger partial charge in [-0.15, -0.1) is 0 Å². The van der Waals surface area contributed by atoms with Crippen LogP contribution >= 0.6 is 0 Å². The van der Waals surface area contributed by atoms with Crippen LogP contribution in [0.5, 0.6) is 0 Å². The van der Waals surface area contributed by atoms with Gasteiger partial charge in [-0.2, -0.15) is 0 Å². The van der Waals surface area contributed by atoms with Crippen molar-refractivity contribution in [3.8, 4) is 0 Å². The Kier molecular flexibility index (Phi) is 9.10. The summed E-state index contributed by atoms with van der Waals surface area (Å²) in [6.45, 7) is 3.84. The van der Waals surface area contributed by atoms with Gasteiger partial charge in [0.15, 0.2) is 0 Å². The zero-order chi connectivity index (χ0) is 9.94. The highest BCUT2D eigenvalue weighted by atomic mass is 16.5. The average molecular weight is 186 g/mol. The van der Waals surface area contributed by atoms with Gasteiger partial charge in [-0.1, -0.05) is 6.92 Å². The predicted molar refractivity (Wildman–Crippen MR) is 57.1 cm³/mol. The quantitative estimate of drug-likeness (QED) is 0.358. The van der Waals surface area contributed by atoms with Crippen LogP contribution in [0.2, 0.25) is 0 Å². The fourth-order valence-electron chi connectivity index (χ4n) is 1.09. The molecule has 0 aliphatic carbocycles. The summed E-state index contributed by atoms with van der Waals surface area (Å²) < 4.78 is 4.95. The Morgan fingerprint density at radius 2 is 2.08 bits per heavy atom. The molecule has 0 saturated carbocycles. The molecule has 78 valence electrons. The number of amidine groups is 1. The summed E-state index contributed by atoms with van der Waals surface area (Å²) in [5.74, 6) is 0.800. The summed E-state index contributed by atoms with van der Waals surface area (Å²) in [7, 11) is 1.73. The molecule has 0 aliphatic heterocycles. The van der Waals surface area contributed by atoms with Crippen molar-refractivity contribution in [3.63, 3.8) is 0 Å². The fraction of sp³-hybridized carbons (Fsp3) is 0.900. The standard InChI is InChI=1S/C10H22N2O/c1-3-7-10(11)12-8-5-4-6-9-13-2/h3-9H2,1-2H3,(H2,11,12). The summed E-state index contributed by atoms with van der Waals surface area (Å²) in [4.78, 5) is 4.27. The first kappa shape index (κ1) is 12.4. The molecule has 0 aromatic rings. The number of rotatable bonds is 8. The third-order valence-corrected chi connectivity index (χ3v) is 1.83. The minimum Gasteiger partial charge on any atom is -0.387 e. The maximum absolute atomic E-state index is 5.65. The van der Waals surface area contributed by atoms with Gasteiger partial charge in [0.25, 0.3) is 0 Å². The van der Waals surface area contributed by atoms with Crippen LogP contribution in [0.4, 0.5) is 0 Å². The first-order valence-electron chi connectivity index (χ1n) is 5.09. The molecular formula is C10H22N2O. The second kappa shape index (κ2) is 9.52. The molecule has 0 heterocycles. The summed E-state index contributed by atoms with van der Waals surface area (Å²) in [5, 5.41) is 0. The third-order valence-electron chi connectivity index (χ3n) is 1.83. The van der Waals surface area contributed by atoms with Crippen LogP contribution in [0.25, 0.3) is 0 Å². The van der Waals surface area contributed by atoms with Gasteiger partial charge in [-0.05, 0) is 25.7 Å². The molecule has 13 heavy (non-hydrogen) atoms. The molecule has 2 N–H and O–H groups in total. The zero-order valence-electron chi connectivity index (χ0n) is 8.88. The minimum atomic E-state index is 0.800. The SMILES string of the molecule is CCCC(N)=NCCCCCOC.